The van der Waals surface area contributed by atoms with Gasteiger partial charge in [-0.2, -0.15) is 12.7 Å². The molecule has 0 fully saturated rings. The lowest BCUT2D eigenvalue weighted by Crippen LogP contribution is -2.28. The molecule has 1 aromatic carbocycles. The molecule has 4 aromatic rings. The molecule has 0 aliphatic heterocycles. The summed E-state index contributed by atoms with van der Waals surface area (Å²) in [6.07, 6.45) is 8.49. The fourth-order valence-corrected chi connectivity index (χ4v) is 3.59. The normalized spacial score (nSPS) is 11.7. The van der Waals surface area contributed by atoms with Crippen LogP contribution in [-0.2, 0) is 10.2 Å². The third-order valence-electron chi connectivity index (χ3n) is 4.53. The van der Waals surface area contributed by atoms with Gasteiger partial charge in [-0.1, -0.05) is 6.07 Å². The van der Waals surface area contributed by atoms with Gasteiger partial charge in [-0.3, -0.25) is 19.7 Å². The molecule has 4 rings (SSSR count). The van der Waals surface area contributed by atoms with Crippen LogP contribution in [0.3, 0.4) is 0 Å². The Bertz CT molecular complexity index is 1270. The van der Waals surface area contributed by atoms with Crippen molar-refractivity contribution in [2.75, 3.05) is 18.8 Å². The van der Waals surface area contributed by atoms with Crippen LogP contribution in [0.5, 0.6) is 0 Å². The predicted molar refractivity (Wildman–Crippen MR) is 114 cm³/mol. The number of rotatable bonds is 5. The monoisotopic (exact) mass is 405 g/mol. The van der Waals surface area contributed by atoms with Gasteiger partial charge in [0.25, 0.3) is 0 Å². The zero-order valence-electron chi connectivity index (χ0n) is 15.9. The van der Waals surface area contributed by atoms with Crippen LogP contribution in [0.15, 0.2) is 73.4 Å². The molecule has 7 nitrogen and oxygen atoms in total. The lowest BCUT2D eigenvalue weighted by atomic mass is 9.98. The number of pyridine rings is 3. The number of benzene rings is 1. The highest BCUT2D eigenvalue weighted by Crippen LogP contribution is 2.31. The van der Waals surface area contributed by atoms with Crippen LogP contribution >= 0.6 is 0 Å². The number of fused-ring (bicyclic) bond motifs is 1. The lowest BCUT2D eigenvalue weighted by molar-refractivity contribution is 0.527. The van der Waals surface area contributed by atoms with Gasteiger partial charge in [-0.25, -0.2) is 0 Å². The molecule has 0 radical (unpaired) electrons. The van der Waals surface area contributed by atoms with Crippen molar-refractivity contribution in [3.63, 3.8) is 0 Å². The van der Waals surface area contributed by atoms with E-state index in [0.29, 0.717) is 5.69 Å². The van der Waals surface area contributed by atoms with Crippen LogP contribution in [-0.4, -0.2) is 41.8 Å². The van der Waals surface area contributed by atoms with Gasteiger partial charge in [-0.05, 0) is 53.1 Å². The van der Waals surface area contributed by atoms with Gasteiger partial charge in [0, 0.05) is 49.8 Å². The SMILES string of the molecule is CN(C)S(=O)(=O)Nc1cncc(-c2ccc3nccc(-c4ccncc4)c3c2)c1. The molecule has 3 heterocycles. The average Bonchev–Trinajstić information content (AvgIpc) is 2.73. The second-order valence-electron chi connectivity index (χ2n) is 6.68. The van der Waals surface area contributed by atoms with Crippen molar-refractivity contribution in [1.82, 2.24) is 19.3 Å². The van der Waals surface area contributed by atoms with Crippen LogP contribution in [0.25, 0.3) is 33.2 Å². The van der Waals surface area contributed by atoms with Gasteiger partial charge in [0.05, 0.1) is 17.4 Å². The molecule has 3 aromatic heterocycles. The molecular weight excluding hydrogens is 386 g/mol. The number of nitrogens with zero attached hydrogens (tertiary/aromatic N) is 4. The van der Waals surface area contributed by atoms with Crippen molar-refractivity contribution in [2.24, 2.45) is 0 Å². The molecule has 29 heavy (non-hydrogen) atoms. The average molecular weight is 405 g/mol. The minimum Gasteiger partial charge on any atom is -0.269 e. The zero-order valence-corrected chi connectivity index (χ0v) is 16.8. The summed E-state index contributed by atoms with van der Waals surface area (Å²) in [5, 5.41) is 0.996. The molecule has 0 unspecified atom stereocenters. The Hall–Kier alpha value is -3.36. The highest BCUT2D eigenvalue weighted by Gasteiger charge is 2.14. The summed E-state index contributed by atoms with van der Waals surface area (Å²) in [6, 6.07) is 13.6. The van der Waals surface area contributed by atoms with E-state index in [0.717, 1.165) is 37.5 Å². The highest BCUT2D eigenvalue weighted by atomic mass is 32.2. The first-order valence-corrected chi connectivity index (χ1v) is 10.3. The standard InChI is InChI=1S/C21H19N5O2S/c1-26(2)29(27,28)25-18-11-17(13-23-14-18)16-3-4-21-20(12-16)19(7-10-24-21)15-5-8-22-9-6-15/h3-14,25H,1-2H3. The Morgan fingerprint density at radius 3 is 2.38 bits per heavy atom. The van der Waals surface area contributed by atoms with Crippen LogP contribution in [0.2, 0.25) is 0 Å². The minimum absolute atomic E-state index is 0.400. The summed E-state index contributed by atoms with van der Waals surface area (Å²) >= 11 is 0. The van der Waals surface area contributed by atoms with Gasteiger partial charge in [0.1, 0.15) is 0 Å². The van der Waals surface area contributed by atoms with Crippen LogP contribution in [0, 0.1) is 0 Å². The van der Waals surface area contributed by atoms with Gasteiger partial charge in [0.2, 0.25) is 0 Å². The molecule has 0 saturated heterocycles. The summed E-state index contributed by atoms with van der Waals surface area (Å²) in [5.74, 6) is 0. The van der Waals surface area contributed by atoms with E-state index < -0.39 is 10.2 Å². The maximum Gasteiger partial charge on any atom is 0.301 e. The number of nitrogens with one attached hydrogen (secondary N) is 1. The number of hydrogen-bond donors (Lipinski definition) is 1. The van der Waals surface area contributed by atoms with E-state index in [1.165, 1.54) is 20.3 Å². The fourth-order valence-electron chi connectivity index (χ4n) is 3.00. The molecular formula is C21H19N5O2S. The molecule has 0 saturated carbocycles. The maximum absolute atomic E-state index is 12.1. The van der Waals surface area contributed by atoms with Crippen molar-refractivity contribution in [2.45, 2.75) is 0 Å². The molecule has 1 N–H and O–H groups in total. The first kappa shape index (κ1) is 19.0. The Balaban J connectivity index is 1.79. The topological polar surface area (TPSA) is 88.1 Å². The predicted octanol–water partition coefficient (Wildman–Crippen LogP) is 3.58. The van der Waals surface area contributed by atoms with E-state index in [-0.39, 0.29) is 0 Å². The molecule has 0 amide bonds. The van der Waals surface area contributed by atoms with Gasteiger partial charge in [0.15, 0.2) is 0 Å². The molecule has 0 spiro atoms. The highest BCUT2D eigenvalue weighted by molar-refractivity contribution is 7.90. The van der Waals surface area contributed by atoms with Crippen molar-refractivity contribution < 1.29 is 8.42 Å². The van der Waals surface area contributed by atoms with Gasteiger partial charge in [-0.15, -0.1) is 0 Å². The van der Waals surface area contributed by atoms with Gasteiger partial charge >= 0.3 is 10.2 Å². The molecule has 8 heteroatoms. The first-order chi connectivity index (χ1) is 13.9. The van der Waals surface area contributed by atoms with Crippen molar-refractivity contribution in [3.05, 3.63) is 73.4 Å². The van der Waals surface area contributed by atoms with Crippen LogP contribution in [0.4, 0.5) is 5.69 Å². The summed E-state index contributed by atoms with van der Waals surface area (Å²) in [4.78, 5) is 12.7. The van der Waals surface area contributed by atoms with Crippen molar-refractivity contribution >= 4 is 26.8 Å². The maximum atomic E-state index is 12.1. The van der Waals surface area contributed by atoms with Crippen molar-refractivity contribution in [3.8, 4) is 22.3 Å². The smallest absolute Gasteiger partial charge is 0.269 e. The minimum atomic E-state index is -3.60. The zero-order chi connectivity index (χ0) is 20.4. The van der Waals surface area contributed by atoms with Gasteiger partial charge < -0.3 is 0 Å². The quantitative estimate of drug-likeness (QED) is 0.548. The third-order valence-corrected chi connectivity index (χ3v) is 5.99. The molecule has 146 valence electrons. The number of aromatic nitrogens is 3. The Morgan fingerprint density at radius 2 is 1.62 bits per heavy atom. The van der Waals surface area contributed by atoms with Crippen LogP contribution < -0.4 is 4.72 Å². The molecule has 0 atom stereocenters. The largest absolute Gasteiger partial charge is 0.301 e. The summed E-state index contributed by atoms with van der Waals surface area (Å²) < 4.78 is 27.8. The van der Waals surface area contributed by atoms with E-state index in [2.05, 4.69) is 19.7 Å². The van der Waals surface area contributed by atoms with Crippen LogP contribution in [0.1, 0.15) is 0 Å². The lowest BCUT2D eigenvalue weighted by Gasteiger charge is -2.14. The Morgan fingerprint density at radius 1 is 0.828 bits per heavy atom. The fraction of sp³-hybridized carbons (Fsp3) is 0.0952. The number of anilines is 1. The van der Waals surface area contributed by atoms with E-state index in [1.54, 1.807) is 30.9 Å². The van der Waals surface area contributed by atoms with Crippen molar-refractivity contribution in [1.29, 1.82) is 0 Å². The summed E-state index contributed by atoms with van der Waals surface area (Å²) in [6.45, 7) is 0. The third kappa shape index (κ3) is 3.94. The van der Waals surface area contributed by atoms with E-state index in [1.807, 2.05) is 36.4 Å². The Kier molecular flexibility index (Phi) is 4.96. The summed E-state index contributed by atoms with van der Waals surface area (Å²) in [5.41, 5.74) is 5.10. The van der Waals surface area contributed by atoms with E-state index in [4.69, 9.17) is 0 Å². The molecule has 0 aliphatic rings. The molecule has 0 aliphatic carbocycles. The second kappa shape index (κ2) is 7.57. The second-order valence-corrected chi connectivity index (χ2v) is 8.56. The molecule has 0 bridgehead atoms. The van der Waals surface area contributed by atoms with E-state index >= 15 is 0 Å². The summed E-state index contributed by atoms with van der Waals surface area (Å²) in [7, 11) is -0.663. The Labute approximate surface area is 169 Å². The van der Waals surface area contributed by atoms with E-state index in [9.17, 15) is 8.42 Å². The number of hydrogen-bond acceptors (Lipinski definition) is 5. The first-order valence-electron chi connectivity index (χ1n) is 8.89.